The van der Waals surface area contributed by atoms with Gasteiger partial charge in [0.15, 0.2) is 0 Å². The lowest BCUT2D eigenvalue weighted by Gasteiger charge is -2.60. The van der Waals surface area contributed by atoms with Gasteiger partial charge in [0.1, 0.15) is 0 Å². The van der Waals surface area contributed by atoms with Crippen LogP contribution in [0.1, 0.15) is 40.0 Å². The summed E-state index contributed by atoms with van der Waals surface area (Å²) < 4.78 is 11.6. The molecule has 0 bridgehead atoms. The monoisotopic (exact) mass is 239 g/mol. The van der Waals surface area contributed by atoms with Crippen molar-refractivity contribution in [3.05, 3.63) is 0 Å². The second-order valence-corrected chi connectivity index (χ2v) is 6.53. The van der Waals surface area contributed by atoms with Gasteiger partial charge in [0.25, 0.3) is 0 Å². The van der Waals surface area contributed by atoms with Crippen molar-refractivity contribution < 1.29 is 9.47 Å². The van der Waals surface area contributed by atoms with Crippen molar-refractivity contribution >= 4 is 0 Å². The summed E-state index contributed by atoms with van der Waals surface area (Å²) in [6, 6.07) is 1.16. The second kappa shape index (κ2) is 4.22. The molecule has 1 saturated carbocycles. The van der Waals surface area contributed by atoms with Crippen molar-refractivity contribution in [2.75, 3.05) is 13.2 Å². The summed E-state index contributed by atoms with van der Waals surface area (Å²) in [5, 5.41) is 3.85. The molecule has 3 rings (SSSR count). The highest BCUT2D eigenvalue weighted by atomic mass is 16.5. The summed E-state index contributed by atoms with van der Waals surface area (Å²) in [7, 11) is 0. The SMILES string of the molecule is CC1OCCC1NC1C2CCCOC2C1(C)C. The van der Waals surface area contributed by atoms with Crippen LogP contribution in [0.5, 0.6) is 0 Å². The summed E-state index contributed by atoms with van der Waals surface area (Å²) in [4.78, 5) is 0. The van der Waals surface area contributed by atoms with E-state index in [-0.39, 0.29) is 5.41 Å². The van der Waals surface area contributed by atoms with Crippen LogP contribution in [-0.2, 0) is 9.47 Å². The van der Waals surface area contributed by atoms with Crippen LogP contribution in [0.3, 0.4) is 0 Å². The van der Waals surface area contributed by atoms with E-state index in [1.807, 2.05) is 0 Å². The van der Waals surface area contributed by atoms with Gasteiger partial charge in [-0.3, -0.25) is 0 Å². The Bertz CT molecular complexity index is 292. The van der Waals surface area contributed by atoms with Crippen LogP contribution in [-0.4, -0.2) is 37.5 Å². The summed E-state index contributed by atoms with van der Waals surface area (Å²) >= 11 is 0. The second-order valence-electron chi connectivity index (χ2n) is 6.53. The lowest BCUT2D eigenvalue weighted by molar-refractivity contribution is -0.195. The first-order valence-electron chi connectivity index (χ1n) is 7.10. The number of hydrogen-bond acceptors (Lipinski definition) is 3. The van der Waals surface area contributed by atoms with Crippen molar-refractivity contribution in [3.8, 4) is 0 Å². The van der Waals surface area contributed by atoms with Crippen LogP contribution in [0.15, 0.2) is 0 Å². The average Bonchev–Trinajstić information content (AvgIpc) is 2.72. The van der Waals surface area contributed by atoms with E-state index in [9.17, 15) is 0 Å². The maximum atomic E-state index is 5.94. The zero-order chi connectivity index (χ0) is 12.0. The molecular formula is C14H25NO2. The molecule has 0 radical (unpaired) electrons. The molecule has 0 aromatic carbocycles. The minimum Gasteiger partial charge on any atom is -0.377 e. The van der Waals surface area contributed by atoms with Crippen molar-refractivity contribution in [2.45, 2.75) is 64.3 Å². The van der Waals surface area contributed by atoms with E-state index in [1.54, 1.807) is 0 Å². The van der Waals surface area contributed by atoms with Crippen LogP contribution in [0.25, 0.3) is 0 Å². The van der Waals surface area contributed by atoms with Crippen LogP contribution in [0.2, 0.25) is 0 Å². The van der Waals surface area contributed by atoms with E-state index in [2.05, 4.69) is 26.1 Å². The van der Waals surface area contributed by atoms with E-state index in [1.165, 1.54) is 12.8 Å². The molecule has 1 N–H and O–H groups in total. The van der Waals surface area contributed by atoms with E-state index in [0.717, 1.165) is 25.6 Å². The maximum absolute atomic E-state index is 5.94. The maximum Gasteiger partial charge on any atom is 0.0700 e. The Morgan fingerprint density at radius 1 is 1.12 bits per heavy atom. The number of rotatable bonds is 2. The fourth-order valence-corrected chi connectivity index (χ4v) is 4.04. The molecule has 17 heavy (non-hydrogen) atoms. The summed E-state index contributed by atoms with van der Waals surface area (Å²) in [6.45, 7) is 8.75. The van der Waals surface area contributed by atoms with Gasteiger partial charge in [-0.05, 0) is 26.2 Å². The molecule has 0 spiro atoms. The Morgan fingerprint density at radius 2 is 1.94 bits per heavy atom. The third-order valence-electron chi connectivity index (χ3n) is 5.10. The van der Waals surface area contributed by atoms with Gasteiger partial charge in [-0.15, -0.1) is 0 Å². The Labute approximate surface area is 104 Å². The molecule has 3 aliphatic rings. The fourth-order valence-electron chi connectivity index (χ4n) is 4.04. The Kier molecular flexibility index (Phi) is 2.96. The van der Waals surface area contributed by atoms with Crippen LogP contribution in [0, 0.1) is 11.3 Å². The van der Waals surface area contributed by atoms with E-state index in [0.29, 0.717) is 24.3 Å². The predicted molar refractivity (Wildman–Crippen MR) is 67.0 cm³/mol. The van der Waals surface area contributed by atoms with Crippen molar-refractivity contribution in [1.82, 2.24) is 5.32 Å². The smallest absolute Gasteiger partial charge is 0.0700 e. The van der Waals surface area contributed by atoms with Crippen LogP contribution >= 0.6 is 0 Å². The van der Waals surface area contributed by atoms with E-state index < -0.39 is 0 Å². The Hall–Kier alpha value is -0.120. The quantitative estimate of drug-likeness (QED) is 0.799. The molecule has 1 aliphatic carbocycles. The molecule has 3 fully saturated rings. The largest absolute Gasteiger partial charge is 0.377 e. The number of fused-ring (bicyclic) bond motifs is 1. The van der Waals surface area contributed by atoms with Crippen LogP contribution < -0.4 is 5.32 Å². The summed E-state index contributed by atoms with van der Waals surface area (Å²) in [5.41, 5.74) is 0.285. The summed E-state index contributed by atoms with van der Waals surface area (Å²) in [6.07, 6.45) is 4.56. The molecule has 2 saturated heterocycles. The molecule has 98 valence electrons. The summed E-state index contributed by atoms with van der Waals surface area (Å²) in [5.74, 6) is 0.728. The molecule has 0 aromatic rings. The minimum atomic E-state index is 0.285. The topological polar surface area (TPSA) is 30.5 Å². The van der Waals surface area contributed by atoms with Gasteiger partial charge in [0, 0.05) is 36.6 Å². The molecule has 3 heteroatoms. The first-order valence-corrected chi connectivity index (χ1v) is 7.10. The van der Waals surface area contributed by atoms with Gasteiger partial charge in [-0.2, -0.15) is 0 Å². The van der Waals surface area contributed by atoms with Gasteiger partial charge in [0.05, 0.1) is 12.2 Å². The molecule has 2 aliphatic heterocycles. The minimum absolute atomic E-state index is 0.285. The van der Waals surface area contributed by atoms with Crippen molar-refractivity contribution in [3.63, 3.8) is 0 Å². The third kappa shape index (κ3) is 1.83. The molecular weight excluding hydrogens is 214 g/mol. The molecule has 0 aromatic heterocycles. The lowest BCUT2D eigenvalue weighted by atomic mass is 9.55. The number of hydrogen-bond donors (Lipinski definition) is 1. The van der Waals surface area contributed by atoms with Gasteiger partial charge < -0.3 is 14.8 Å². The number of ether oxygens (including phenoxy) is 2. The first-order chi connectivity index (χ1) is 8.10. The number of nitrogens with one attached hydrogen (secondary N) is 1. The zero-order valence-corrected chi connectivity index (χ0v) is 11.2. The molecule has 2 heterocycles. The highest BCUT2D eigenvalue weighted by molar-refractivity contribution is 5.11. The molecule has 0 amide bonds. The van der Waals surface area contributed by atoms with E-state index in [4.69, 9.17) is 9.47 Å². The van der Waals surface area contributed by atoms with Crippen LogP contribution in [0.4, 0.5) is 0 Å². The normalized spacial score (nSPS) is 48.5. The van der Waals surface area contributed by atoms with Crippen molar-refractivity contribution in [1.29, 1.82) is 0 Å². The molecule has 5 unspecified atom stereocenters. The highest BCUT2D eigenvalue weighted by Crippen LogP contribution is 2.51. The van der Waals surface area contributed by atoms with Crippen molar-refractivity contribution in [2.24, 2.45) is 11.3 Å². The Balaban J connectivity index is 1.66. The predicted octanol–water partition coefficient (Wildman–Crippen LogP) is 1.96. The zero-order valence-electron chi connectivity index (χ0n) is 11.2. The molecule has 5 atom stereocenters. The fraction of sp³-hybridized carbons (Fsp3) is 1.00. The van der Waals surface area contributed by atoms with E-state index >= 15 is 0 Å². The lowest BCUT2D eigenvalue weighted by Crippen LogP contribution is -2.71. The average molecular weight is 239 g/mol. The third-order valence-corrected chi connectivity index (χ3v) is 5.10. The van der Waals surface area contributed by atoms with Gasteiger partial charge in [0.2, 0.25) is 0 Å². The standard InChI is InChI=1S/C14H25NO2/c1-9-11(6-8-16-9)15-12-10-5-4-7-17-13(10)14(12,2)3/h9-13,15H,4-8H2,1-3H3. The van der Waals surface area contributed by atoms with Gasteiger partial charge >= 0.3 is 0 Å². The highest BCUT2D eigenvalue weighted by Gasteiger charge is 2.58. The van der Waals surface area contributed by atoms with Gasteiger partial charge in [-0.25, -0.2) is 0 Å². The Morgan fingerprint density at radius 3 is 2.65 bits per heavy atom. The molecule has 3 nitrogen and oxygen atoms in total. The first kappa shape index (κ1) is 11.9. The van der Waals surface area contributed by atoms with Gasteiger partial charge in [-0.1, -0.05) is 13.8 Å².